The second-order valence-electron chi connectivity index (χ2n) is 8.93. The van der Waals surface area contributed by atoms with E-state index in [1.807, 2.05) is 4.90 Å². The van der Waals surface area contributed by atoms with E-state index in [2.05, 4.69) is 55.7 Å². The molecular formula is C24H39IN4O. The number of guanidine groups is 1. The van der Waals surface area contributed by atoms with E-state index >= 15 is 0 Å². The molecule has 1 saturated carbocycles. The first kappa shape index (κ1) is 25.0. The molecule has 3 rings (SSSR count). The number of amides is 1. The van der Waals surface area contributed by atoms with Gasteiger partial charge in [0.15, 0.2) is 5.96 Å². The molecule has 1 heterocycles. The largest absolute Gasteiger partial charge is 0.357 e. The number of nitrogens with one attached hydrogen (secondary N) is 2. The Morgan fingerprint density at radius 2 is 1.80 bits per heavy atom. The first-order valence-electron chi connectivity index (χ1n) is 11.5. The van der Waals surface area contributed by atoms with Gasteiger partial charge < -0.3 is 15.5 Å². The number of hydrogen-bond donors (Lipinski definition) is 2. The molecule has 1 aliphatic carbocycles. The first-order chi connectivity index (χ1) is 14.0. The average Bonchev–Trinajstić information content (AvgIpc) is 3.12. The third kappa shape index (κ3) is 7.43. The quantitative estimate of drug-likeness (QED) is 0.308. The zero-order valence-electron chi connectivity index (χ0n) is 18.8. The molecule has 0 spiro atoms. The summed E-state index contributed by atoms with van der Waals surface area (Å²) in [6.45, 7) is 9.96. The molecule has 2 fully saturated rings. The number of hydrogen-bond acceptors (Lipinski definition) is 2. The highest BCUT2D eigenvalue weighted by Gasteiger charge is 2.23. The maximum Gasteiger partial charge on any atom is 0.222 e. The van der Waals surface area contributed by atoms with Gasteiger partial charge in [-0.2, -0.15) is 0 Å². The van der Waals surface area contributed by atoms with Gasteiger partial charge in [-0.05, 0) is 62.0 Å². The Hall–Kier alpha value is -1.31. The maximum absolute atomic E-state index is 11.8. The Balaban J connectivity index is 0.00000320. The zero-order chi connectivity index (χ0) is 20.6. The fraction of sp³-hybridized carbons (Fsp3) is 0.667. The van der Waals surface area contributed by atoms with Crippen LogP contribution in [-0.2, 0) is 17.9 Å². The first-order valence-corrected chi connectivity index (χ1v) is 11.5. The van der Waals surface area contributed by atoms with Crippen molar-refractivity contribution in [3.63, 3.8) is 0 Å². The van der Waals surface area contributed by atoms with Gasteiger partial charge in [0, 0.05) is 32.1 Å². The molecule has 0 aromatic heterocycles. The van der Waals surface area contributed by atoms with E-state index < -0.39 is 0 Å². The minimum Gasteiger partial charge on any atom is -0.357 e. The minimum atomic E-state index is 0. The smallest absolute Gasteiger partial charge is 0.222 e. The van der Waals surface area contributed by atoms with E-state index in [0.717, 1.165) is 43.9 Å². The van der Waals surface area contributed by atoms with Crippen LogP contribution < -0.4 is 10.6 Å². The summed E-state index contributed by atoms with van der Waals surface area (Å²) in [6.07, 6.45) is 6.79. The van der Waals surface area contributed by atoms with E-state index in [-0.39, 0.29) is 29.9 Å². The number of rotatable bonds is 7. The van der Waals surface area contributed by atoms with Gasteiger partial charge in [0.1, 0.15) is 0 Å². The van der Waals surface area contributed by atoms with E-state index in [1.165, 1.54) is 36.8 Å². The molecular weight excluding hydrogens is 487 g/mol. The summed E-state index contributed by atoms with van der Waals surface area (Å²) in [7, 11) is 0. The molecule has 168 valence electrons. The lowest BCUT2D eigenvalue weighted by atomic mass is 9.80. The molecule has 0 unspecified atom stereocenters. The molecule has 5 nitrogen and oxygen atoms in total. The molecule has 1 aliphatic heterocycles. The summed E-state index contributed by atoms with van der Waals surface area (Å²) >= 11 is 0. The average molecular weight is 527 g/mol. The Bertz CT molecular complexity index is 681. The van der Waals surface area contributed by atoms with Crippen LogP contribution in [0.15, 0.2) is 29.3 Å². The number of halogens is 1. The summed E-state index contributed by atoms with van der Waals surface area (Å²) in [5.41, 5.74) is 2.39. The van der Waals surface area contributed by atoms with Crippen molar-refractivity contribution in [2.45, 2.75) is 78.4 Å². The summed E-state index contributed by atoms with van der Waals surface area (Å²) < 4.78 is 0. The topological polar surface area (TPSA) is 56.7 Å². The summed E-state index contributed by atoms with van der Waals surface area (Å²) in [5.74, 6) is 2.88. The number of carbonyl (C=O) groups excluding carboxylic acids is 1. The number of nitrogens with zero attached hydrogens (tertiary/aromatic N) is 2. The Morgan fingerprint density at radius 1 is 1.13 bits per heavy atom. The number of likely N-dealkylation sites (tertiary alicyclic amines) is 1. The van der Waals surface area contributed by atoms with Gasteiger partial charge in [0.05, 0.1) is 6.54 Å². The van der Waals surface area contributed by atoms with Gasteiger partial charge in [-0.1, -0.05) is 38.1 Å². The molecule has 2 aliphatic rings. The summed E-state index contributed by atoms with van der Waals surface area (Å²) in [4.78, 5) is 18.6. The maximum atomic E-state index is 11.8. The van der Waals surface area contributed by atoms with Crippen molar-refractivity contribution in [1.29, 1.82) is 0 Å². The molecule has 0 bridgehead atoms. The monoisotopic (exact) mass is 526 g/mol. The third-order valence-electron chi connectivity index (χ3n) is 6.39. The standard InChI is InChI=1S/C24H38N4O.HI/c1-4-25-24(27-22-13-11-21(12-14-22)18(2)3)26-16-19-7-9-20(10-8-19)17-28-15-5-6-23(28)29;/h7-10,18,21-22H,4-6,11-17H2,1-3H3,(H2,25,26,27);1H. The van der Waals surface area contributed by atoms with E-state index in [1.54, 1.807) is 0 Å². The highest BCUT2D eigenvalue weighted by Crippen LogP contribution is 2.29. The Kier molecular flexibility index (Phi) is 10.4. The fourth-order valence-electron chi connectivity index (χ4n) is 4.46. The van der Waals surface area contributed by atoms with Crippen molar-refractivity contribution in [3.05, 3.63) is 35.4 Å². The predicted octanol–water partition coefficient (Wildman–Crippen LogP) is 4.70. The van der Waals surface area contributed by atoms with Crippen molar-refractivity contribution in [1.82, 2.24) is 15.5 Å². The van der Waals surface area contributed by atoms with Crippen LogP contribution in [0.1, 0.15) is 70.4 Å². The Morgan fingerprint density at radius 3 is 2.37 bits per heavy atom. The lowest BCUT2D eigenvalue weighted by Gasteiger charge is -2.32. The molecule has 1 aromatic carbocycles. The van der Waals surface area contributed by atoms with E-state index in [4.69, 9.17) is 4.99 Å². The van der Waals surface area contributed by atoms with Crippen molar-refractivity contribution in [2.75, 3.05) is 13.1 Å². The van der Waals surface area contributed by atoms with Gasteiger partial charge in [0.25, 0.3) is 0 Å². The molecule has 6 heteroatoms. The molecule has 30 heavy (non-hydrogen) atoms. The lowest BCUT2D eigenvalue weighted by Crippen LogP contribution is -2.45. The van der Waals surface area contributed by atoms with Crippen molar-refractivity contribution < 1.29 is 4.79 Å². The minimum absolute atomic E-state index is 0. The van der Waals surface area contributed by atoms with E-state index in [0.29, 0.717) is 19.0 Å². The Labute approximate surface area is 199 Å². The van der Waals surface area contributed by atoms with Gasteiger partial charge >= 0.3 is 0 Å². The molecule has 1 amide bonds. The SMILES string of the molecule is CCNC(=NCc1ccc(CN2CCCC2=O)cc1)NC1CCC(C(C)C)CC1.I. The highest BCUT2D eigenvalue weighted by atomic mass is 127. The van der Waals surface area contributed by atoms with Crippen LogP contribution in [0.2, 0.25) is 0 Å². The predicted molar refractivity (Wildman–Crippen MR) is 135 cm³/mol. The van der Waals surface area contributed by atoms with Crippen LogP contribution in [0, 0.1) is 11.8 Å². The van der Waals surface area contributed by atoms with Gasteiger partial charge in [-0.3, -0.25) is 4.79 Å². The fourth-order valence-corrected chi connectivity index (χ4v) is 4.46. The van der Waals surface area contributed by atoms with E-state index in [9.17, 15) is 4.79 Å². The van der Waals surface area contributed by atoms with Crippen LogP contribution in [0.5, 0.6) is 0 Å². The molecule has 1 aromatic rings. The van der Waals surface area contributed by atoms with Crippen LogP contribution in [-0.4, -0.2) is 35.9 Å². The molecule has 0 radical (unpaired) electrons. The molecule has 1 saturated heterocycles. The van der Waals surface area contributed by atoms with Crippen molar-refractivity contribution in [2.24, 2.45) is 16.8 Å². The molecule has 0 atom stereocenters. The van der Waals surface area contributed by atoms with Gasteiger partial charge in [-0.15, -0.1) is 24.0 Å². The van der Waals surface area contributed by atoms with Crippen LogP contribution >= 0.6 is 24.0 Å². The number of benzene rings is 1. The zero-order valence-corrected chi connectivity index (χ0v) is 21.2. The van der Waals surface area contributed by atoms with Crippen molar-refractivity contribution >= 4 is 35.8 Å². The summed E-state index contributed by atoms with van der Waals surface area (Å²) in [5, 5.41) is 7.04. The lowest BCUT2D eigenvalue weighted by molar-refractivity contribution is -0.128. The highest BCUT2D eigenvalue weighted by molar-refractivity contribution is 14.0. The second kappa shape index (κ2) is 12.5. The number of carbonyl (C=O) groups is 1. The number of aliphatic imine (C=N–C) groups is 1. The third-order valence-corrected chi connectivity index (χ3v) is 6.39. The summed E-state index contributed by atoms with van der Waals surface area (Å²) in [6, 6.07) is 9.06. The second-order valence-corrected chi connectivity index (χ2v) is 8.93. The van der Waals surface area contributed by atoms with Crippen molar-refractivity contribution in [3.8, 4) is 0 Å². The molecule has 2 N–H and O–H groups in total. The normalized spacial score (nSPS) is 22.2. The van der Waals surface area contributed by atoms with Gasteiger partial charge in [-0.25, -0.2) is 4.99 Å². The van der Waals surface area contributed by atoms with Crippen LogP contribution in [0.25, 0.3) is 0 Å². The van der Waals surface area contributed by atoms with Crippen LogP contribution in [0.3, 0.4) is 0 Å². The van der Waals surface area contributed by atoms with Gasteiger partial charge in [0.2, 0.25) is 5.91 Å². The van der Waals surface area contributed by atoms with Crippen LogP contribution in [0.4, 0.5) is 0 Å².